The van der Waals surface area contributed by atoms with E-state index < -0.39 is 5.97 Å². The fourth-order valence-corrected chi connectivity index (χ4v) is 1.32. The number of aliphatic hydroxyl groups excluding tert-OH is 1. The maximum absolute atomic E-state index is 10.8. The molecule has 0 saturated carbocycles. The van der Waals surface area contributed by atoms with Crippen LogP contribution in [0, 0.1) is 0 Å². The highest BCUT2D eigenvalue weighted by molar-refractivity contribution is 5.69. The summed E-state index contributed by atoms with van der Waals surface area (Å²) < 4.78 is 9.81. The highest BCUT2D eigenvalue weighted by Crippen LogP contribution is 2.01. The van der Waals surface area contributed by atoms with Gasteiger partial charge in [0.15, 0.2) is 0 Å². The second-order valence-corrected chi connectivity index (χ2v) is 4.78. The van der Waals surface area contributed by atoms with Gasteiger partial charge in [-0.2, -0.15) is 0 Å². The first-order valence-corrected chi connectivity index (χ1v) is 6.93. The molecule has 0 unspecified atom stereocenters. The van der Waals surface area contributed by atoms with Crippen LogP contribution in [0.3, 0.4) is 0 Å². The van der Waals surface area contributed by atoms with E-state index in [1.807, 2.05) is 27.7 Å². The number of carbonyl (C=O) groups is 2. The summed E-state index contributed by atoms with van der Waals surface area (Å²) in [5.41, 5.74) is 0. The topological polar surface area (TPSA) is 93.1 Å². The second-order valence-electron chi connectivity index (χ2n) is 4.78. The van der Waals surface area contributed by atoms with Gasteiger partial charge >= 0.3 is 11.9 Å². The zero-order valence-corrected chi connectivity index (χ0v) is 12.9. The molecule has 0 saturated heterocycles. The summed E-state index contributed by atoms with van der Waals surface area (Å²) in [6, 6.07) is 0. The van der Waals surface area contributed by atoms with E-state index in [1.54, 1.807) is 0 Å². The minimum absolute atomic E-state index is 0.0117. The summed E-state index contributed by atoms with van der Waals surface area (Å²) in [5.74, 6) is -1.25. The Morgan fingerprint density at radius 2 is 1.50 bits per heavy atom. The monoisotopic (exact) mass is 292 g/mol. The molecule has 0 aliphatic rings. The summed E-state index contributed by atoms with van der Waals surface area (Å²) in [6.45, 7) is 8.00. The maximum atomic E-state index is 10.8. The molecule has 2 N–H and O–H groups in total. The first-order chi connectivity index (χ1) is 9.29. The normalized spacial score (nSPS) is 10.2. The van der Waals surface area contributed by atoms with Crippen LogP contribution in [-0.2, 0) is 19.1 Å². The van der Waals surface area contributed by atoms with E-state index >= 15 is 0 Å². The Hall–Kier alpha value is -1.14. The van der Waals surface area contributed by atoms with E-state index in [0.717, 1.165) is 0 Å². The molecule has 0 heterocycles. The number of hydrogen-bond donors (Lipinski definition) is 2. The standard InChI is InChI=1S/C8H14O5.C6H14O/c9-5-6-13-8(12)4-2-1-3-7(10)11;1-5(2)7-6(3)4/h9H,1-6H2,(H,10,11);5-6H,1-4H3. The molecule has 0 amide bonds. The first kappa shape index (κ1) is 21.2. The van der Waals surface area contributed by atoms with Gasteiger partial charge in [0, 0.05) is 12.8 Å². The van der Waals surface area contributed by atoms with Gasteiger partial charge in [-0.1, -0.05) is 0 Å². The third-order valence-corrected chi connectivity index (χ3v) is 1.92. The van der Waals surface area contributed by atoms with E-state index in [2.05, 4.69) is 4.74 Å². The molecular weight excluding hydrogens is 264 g/mol. The maximum Gasteiger partial charge on any atom is 0.305 e. The van der Waals surface area contributed by atoms with E-state index in [9.17, 15) is 9.59 Å². The van der Waals surface area contributed by atoms with E-state index in [-0.39, 0.29) is 32.0 Å². The van der Waals surface area contributed by atoms with Gasteiger partial charge in [0.25, 0.3) is 0 Å². The fraction of sp³-hybridized carbons (Fsp3) is 0.857. The molecule has 0 spiro atoms. The predicted octanol–water partition coefficient (Wildman–Crippen LogP) is 1.99. The third kappa shape index (κ3) is 22.1. The van der Waals surface area contributed by atoms with Gasteiger partial charge in [0.05, 0.1) is 18.8 Å². The average Bonchev–Trinajstić information content (AvgIpc) is 2.31. The van der Waals surface area contributed by atoms with E-state index in [1.165, 1.54) is 0 Å². The molecule has 0 aromatic heterocycles. The van der Waals surface area contributed by atoms with Crippen molar-refractivity contribution in [3.05, 3.63) is 0 Å². The number of carboxylic acid groups (broad SMARTS) is 1. The lowest BCUT2D eigenvalue weighted by Crippen LogP contribution is -2.09. The van der Waals surface area contributed by atoms with Crippen LogP contribution in [0.5, 0.6) is 0 Å². The minimum atomic E-state index is -0.858. The van der Waals surface area contributed by atoms with Crippen molar-refractivity contribution in [2.75, 3.05) is 13.2 Å². The van der Waals surface area contributed by atoms with Crippen LogP contribution >= 0.6 is 0 Å². The number of carboxylic acids is 1. The highest BCUT2D eigenvalue weighted by Gasteiger charge is 2.03. The average molecular weight is 292 g/mol. The molecule has 0 aliphatic heterocycles. The lowest BCUT2D eigenvalue weighted by Gasteiger charge is -2.09. The first-order valence-electron chi connectivity index (χ1n) is 6.93. The molecule has 120 valence electrons. The molecule has 0 fully saturated rings. The fourth-order valence-electron chi connectivity index (χ4n) is 1.32. The molecule has 6 heteroatoms. The molecule has 0 rings (SSSR count). The van der Waals surface area contributed by atoms with Crippen LogP contribution in [0.25, 0.3) is 0 Å². The summed E-state index contributed by atoms with van der Waals surface area (Å²) in [7, 11) is 0. The Balaban J connectivity index is 0. The number of rotatable bonds is 9. The van der Waals surface area contributed by atoms with Gasteiger partial charge in [-0.15, -0.1) is 0 Å². The van der Waals surface area contributed by atoms with E-state index in [0.29, 0.717) is 25.0 Å². The quantitative estimate of drug-likeness (QED) is 0.498. The summed E-state index contributed by atoms with van der Waals surface area (Å²) in [4.78, 5) is 20.8. The zero-order valence-electron chi connectivity index (χ0n) is 12.9. The summed E-state index contributed by atoms with van der Waals surface area (Å²) in [6.07, 6.45) is 2.03. The van der Waals surface area contributed by atoms with Gasteiger partial charge < -0.3 is 19.7 Å². The van der Waals surface area contributed by atoms with Gasteiger partial charge in [-0.05, 0) is 40.5 Å². The lowest BCUT2D eigenvalue weighted by atomic mass is 10.2. The molecule has 0 aromatic carbocycles. The Morgan fingerprint density at radius 1 is 1.00 bits per heavy atom. The third-order valence-electron chi connectivity index (χ3n) is 1.92. The number of ether oxygens (including phenoxy) is 2. The number of aliphatic hydroxyl groups is 1. The Bertz CT molecular complexity index is 244. The minimum Gasteiger partial charge on any atom is -0.481 e. The van der Waals surface area contributed by atoms with Crippen molar-refractivity contribution < 1.29 is 29.3 Å². The number of unbranched alkanes of at least 4 members (excludes halogenated alkanes) is 1. The Kier molecular flexibility index (Phi) is 15.1. The lowest BCUT2D eigenvalue weighted by molar-refractivity contribution is -0.145. The van der Waals surface area contributed by atoms with Crippen molar-refractivity contribution in [3.63, 3.8) is 0 Å². The van der Waals surface area contributed by atoms with Crippen molar-refractivity contribution >= 4 is 11.9 Å². The Morgan fingerprint density at radius 3 is 1.85 bits per heavy atom. The number of carbonyl (C=O) groups excluding carboxylic acids is 1. The molecule has 0 radical (unpaired) electrons. The molecule has 0 atom stereocenters. The SMILES string of the molecule is CC(C)OC(C)C.O=C(O)CCCCC(=O)OCCO. The Labute approximate surface area is 121 Å². The van der Waals surface area contributed by atoms with Crippen LogP contribution in [0.1, 0.15) is 53.4 Å². The number of aliphatic carboxylic acids is 1. The van der Waals surface area contributed by atoms with Crippen LogP contribution in [0.4, 0.5) is 0 Å². The summed E-state index contributed by atoms with van der Waals surface area (Å²) >= 11 is 0. The van der Waals surface area contributed by atoms with Crippen molar-refractivity contribution in [3.8, 4) is 0 Å². The number of esters is 1. The van der Waals surface area contributed by atoms with Gasteiger partial charge in [-0.3, -0.25) is 9.59 Å². The van der Waals surface area contributed by atoms with E-state index in [4.69, 9.17) is 14.9 Å². The smallest absolute Gasteiger partial charge is 0.305 e. The molecule has 0 aliphatic carbocycles. The van der Waals surface area contributed by atoms with Crippen molar-refractivity contribution in [1.82, 2.24) is 0 Å². The van der Waals surface area contributed by atoms with Crippen LogP contribution in [-0.4, -0.2) is 47.6 Å². The predicted molar refractivity (Wildman–Crippen MR) is 75.5 cm³/mol. The zero-order chi connectivity index (χ0) is 16.0. The highest BCUT2D eigenvalue weighted by atomic mass is 16.5. The van der Waals surface area contributed by atoms with Gasteiger partial charge in [0.2, 0.25) is 0 Å². The van der Waals surface area contributed by atoms with Crippen molar-refractivity contribution in [2.24, 2.45) is 0 Å². The molecule has 20 heavy (non-hydrogen) atoms. The molecular formula is C14H28O6. The van der Waals surface area contributed by atoms with Gasteiger partial charge in [-0.25, -0.2) is 0 Å². The molecule has 0 aromatic rings. The van der Waals surface area contributed by atoms with Crippen molar-refractivity contribution in [1.29, 1.82) is 0 Å². The largest absolute Gasteiger partial charge is 0.481 e. The van der Waals surface area contributed by atoms with Crippen LogP contribution in [0.15, 0.2) is 0 Å². The summed E-state index contributed by atoms with van der Waals surface area (Å²) in [5, 5.41) is 16.6. The van der Waals surface area contributed by atoms with Crippen molar-refractivity contribution in [2.45, 2.75) is 65.6 Å². The number of hydrogen-bond acceptors (Lipinski definition) is 5. The van der Waals surface area contributed by atoms with Gasteiger partial charge in [0.1, 0.15) is 6.61 Å². The molecule has 0 bridgehead atoms. The van der Waals surface area contributed by atoms with Crippen LogP contribution < -0.4 is 0 Å². The second kappa shape index (κ2) is 14.3. The van der Waals surface area contributed by atoms with Crippen LogP contribution in [0.2, 0.25) is 0 Å². The molecule has 6 nitrogen and oxygen atoms in total.